The molecule has 26 heavy (non-hydrogen) atoms. The Balaban J connectivity index is 1.81. The predicted octanol–water partition coefficient (Wildman–Crippen LogP) is 1.96. The fraction of sp³-hybridized carbons (Fsp3) is 0.650. The molecule has 2 fully saturated rings. The number of fused-ring (bicyclic) bond motifs is 2. The van der Waals surface area contributed by atoms with Crippen LogP contribution >= 0.6 is 0 Å². The minimum absolute atomic E-state index is 0.0791. The fourth-order valence-electron chi connectivity index (χ4n) is 5.89. The highest BCUT2D eigenvalue weighted by atomic mass is 16.6. The molecule has 0 bridgehead atoms. The lowest BCUT2D eigenvalue weighted by Crippen LogP contribution is -2.62. The molecule has 1 spiro atoms. The molecule has 6 heteroatoms. The van der Waals surface area contributed by atoms with Crippen LogP contribution in [0.2, 0.25) is 0 Å². The number of ether oxygens (including phenoxy) is 1. The van der Waals surface area contributed by atoms with Crippen LogP contribution in [0.5, 0.6) is 0 Å². The van der Waals surface area contributed by atoms with Gasteiger partial charge in [0.25, 0.3) is 0 Å². The first-order chi connectivity index (χ1) is 12.5. The monoisotopic (exact) mass is 362 g/mol. The summed E-state index contributed by atoms with van der Waals surface area (Å²) in [4.78, 5) is 13.2. The van der Waals surface area contributed by atoms with Crippen molar-refractivity contribution < 1.29 is 29.3 Å². The van der Waals surface area contributed by atoms with Crippen molar-refractivity contribution in [3.8, 4) is 0 Å². The van der Waals surface area contributed by atoms with E-state index in [1.165, 1.54) is 0 Å². The number of cyclic esters (lactones) is 1. The molecule has 6 nitrogen and oxygen atoms in total. The van der Waals surface area contributed by atoms with Crippen molar-refractivity contribution in [3.05, 3.63) is 35.8 Å². The maximum absolute atomic E-state index is 13.2. The van der Waals surface area contributed by atoms with Crippen molar-refractivity contribution in [2.45, 2.75) is 44.8 Å². The second-order valence-electron chi connectivity index (χ2n) is 8.06. The molecule has 1 saturated carbocycles. The van der Waals surface area contributed by atoms with E-state index in [0.29, 0.717) is 31.3 Å². The van der Waals surface area contributed by atoms with Crippen molar-refractivity contribution in [3.63, 3.8) is 0 Å². The maximum atomic E-state index is 13.2. The average molecular weight is 362 g/mol. The molecule has 6 unspecified atom stereocenters. The van der Waals surface area contributed by atoms with Gasteiger partial charge in [0.2, 0.25) is 0 Å². The maximum Gasteiger partial charge on any atom is 0.313 e. The van der Waals surface area contributed by atoms with Gasteiger partial charge in [-0.3, -0.25) is 4.79 Å². The van der Waals surface area contributed by atoms with Crippen LogP contribution < -0.4 is 0 Å². The molecule has 1 aromatic rings. The topological polar surface area (TPSA) is 100 Å². The number of hydrogen-bond acceptors (Lipinski definition) is 6. The number of esters is 1. The smallest absolute Gasteiger partial charge is 0.313 e. The molecule has 1 aliphatic heterocycles. The molecular formula is C20H26O6. The van der Waals surface area contributed by atoms with Crippen LogP contribution in [0.1, 0.15) is 44.3 Å². The van der Waals surface area contributed by atoms with Crippen LogP contribution in [0, 0.1) is 22.7 Å². The third kappa shape index (κ3) is 2.12. The van der Waals surface area contributed by atoms with Gasteiger partial charge in [-0.05, 0) is 42.7 Å². The Hall–Kier alpha value is -1.63. The molecule has 1 saturated heterocycles. The summed E-state index contributed by atoms with van der Waals surface area (Å²) in [6.45, 7) is 1.47. The van der Waals surface area contributed by atoms with Crippen LogP contribution in [-0.4, -0.2) is 40.6 Å². The summed E-state index contributed by atoms with van der Waals surface area (Å²) in [6.07, 6.45) is 6.19. The lowest BCUT2D eigenvalue weighted by atomic mass is 9.45. The third-order valence-corrected chi connectivity index (χ3v) is 7.24. The summed E-state index contributed by atoms with van der Waals surface area (Å²) in [5.41, 5.74) is -0.283. The Bertz CT molecular complexity index is 710. The lowest BCUT2D eigenvalue weighted by molar-refractivity contribution is -0.179. The molecule has 142 valence electrons. The highest BCUT2D eigenvalue weighted by Gasteiger charge is 2.68. The quantitative estimate of drug-likeness (QED) is 0.561. The van der Waals surface area contributed by atoms with Crippen molar-refractivity contribution >= 4 is 5.97 Å². The molecule has 0 aromatic carbocycles. The summed E-state index contributed by atoms with van der Waals surface area (Å²) in [5.74, 6) is -0.606. The van der Waals surface area contributed by atoms with Crippen molar-refractivity contribution in [1.82, 2.24) is 0 Å². The number of hydrogen-bond donors (Lipinski definition) is 3. The van der Waals surface area contributed by atoms with E-state index >= 15 is 0 Å². The zero-order valence-corrected chi connectivity index (χ0v) is 14.9. The van der Waals surface area contributed by atoms with Gasteiger partial charge in [0.15, 0.2) is 0 Å². The van der Waals surface area contributed by atoms with Crippen LogP contribution in [0.4, 0.5) is 0 Å². The average Bonchev–Trinajstić information content (AvgIpc) is 3.28. The molecule has 3 N–H and O–H groups in total. The number of furan rings is 1. The van der Waals surface area contributed by atoms with Crippen molar-refractivity contribution in [1.29, 1.82) is 0 Å². The van der Waals surface area contributed by atoms with Crippen LogP contribution in [0.3, 0.4) is 0 Å². The van der Waals surface area contributed by atoms with E-state index in [-0.39, 0.29) is 37.1 Å². The first-order valence-electron chi connectivity index (χ1n) is 9.33. The number of rotatable bonds is 3. The Morgan fingerprint density at radius 2 is 2.15 bits per heavy atom. The number of carbonyl (C=O) groups excluding carboxylic acids is 1. The van der Waals surface area contributed by atoms with Gasteiger partial charge in [-0.2, -0.15) is 0 Å². The van der Waals surface area contributed by atoms with Crippen LogP contribution in [0.25, 0.3) is 0 Å². The molecular weight excluding hydrogens is 336 g/mol. The molecule has 0 amide bonds. The summed E-state index contributed by atoms with van der Waals surface area (Å²) < 4.78 is 10.9. The molecule has 3 aliphatic rings. The van der Waals surface area contributed by atoms with Gasteiger partial charge in [0.05, 0.1) is 37.3 Å². The Morgan fingerprint density at radius 3 is 2.81 bits per heavy atom. The molecule has 4 rings (SSSR count). The highest BCUT2D eigenvalue weighted by Crippen LogP contribution is 2.65. The molecule has 1 aromatic heterocycles. The second-order valence-corrected chi connectivity index (χ2v) is 8.06. The highest BCUT2D eigenvalue weighted by molar-refractivity contribution is 5.81. The first kappa shape index (κ1) is 17.8. The fourth-order valence-corrected chi connectivity index (χ4v) is 5.89. The van der Waals surface area contributed by atoms with Gasteiger partial charge in [-0.1, -0.05) is 13.0 Å². The summed E-state index contributed by atoms with van der Waals surface area (Å²) in [7, 11) is 0. The van der Waals surface area contributed by atoms with Gasteiger partial charge < -0.3 is 24.5 Å². The third-order valence-electron chi connectivity index (χ3n) is 7.24. The van der Waals surface area contributed by atoms with E-state index in [4.69, 9.17) is 9.15 Å². The Morgan fingerprint density at radius 1 is 1.35 bits per heavy atom. The molecule has 6 atom stereocenters. The predicted molar refractivity (Wildman–Crippen MR) is 91.8 cm³/mol. The number of allylic oxidation sites excluding steroid dienone is 1. The lowest BCUT2D eigenvalue weighted by Gasteiger charge is -2.58. The normalized spacial score (nSPS) is 42.5. The van der Waals surface area contributed by atoms with E-state index in [1.54, 1.807) is 18.6 Å². The van der Waals surface area contributed by atoms with E-state index in [0.717, 1.165) is 5.56 Å². The summed E-state index contributed by atoms with van der Waals surface area (Å²) in [6, 6.07) is 1.80. The van der Waals surface area contributed by atoms with Gasteiger partial charge in [-0.25, -0.2) is 0 Å². The van der Waals surface area contributed by atoms with Gasteiger partial charge in [0, 0.05) is 17.4 Å². The number of aliphatic hydroxyl groups excluding tert-OH is 3. The second kappa shape index (κ2) is 6.22. The zero-order chi connectivity index (χ0) is 18.5. The zero-order valence-electron chi connectivity index (χ0n) is 14.9. The molecule has 0 radical (unpaired) electrons. The van der Waals surface area contributed by atoms with E-state index in [2.05, 4.69) is 0 Å². The SMILES string of the molecule is CC1CC(O)C2(CO)C(CO)=CCCC2C12CC(c1ccoc1)OC2=O. The molecule has 2 heterocycles. The van der Waals surface area contributed by atoms with Crippen molar-refractivity contribution in [2.24, 2.45) is 22.7 Å². The minimum Gasteiger partial charge on any atom is -0.472 e. The van der Waals surface area contributed by atoms with E-state index in [1.807, 2.05) is 13.0 Å². The summed E-state index contributed by atoms with van der Waals surface area (Å²) >= 11 is 0. The van der Waals surface area contributed by atoms with E-state index in [9.17, 15) is 20.1 Å². The van der Waals surface area contributed by atoms with Crippen molar-refractivity contribution in [2.75, 3.05) is 13.2 Å². The number of carbonyl (C=O) groups is 1. The van der Waals surface area contributed by atoms with Crippen LogP contribution in [0.15, 0.2) is 34.7 Å². The van der Waals surface area contributed by atoms with Gasteiger partial charge >= 0.3 is 5.97 Å². The molecule has 2 aliphatic carbocycles. The largest absolute Gasteiger partial charge is 0.472 e. The Kier molecular flexibility index (Phi) is 4.25. The Labute approximate surface area is 152 Å². The summed E-state index contributed by atoms with van der Waals surface area (Å²) in [5, 5.41) is 31.2. The van der Waals surface area contributed by atoms with Crippen LogP contribution in [-0.2, 0) is 9.53 Å². The first-order valence-corrected chi connectivity index (χ1v) is 9.33. The number of aliphatic hydroxyl groups is 3. The standard InChI is InChI=1S/C20H26O6/c1-12-7-17(23)20(11-22)14(9-21)3-2-4-16(20)19(12)8-15(26-18(19)24)13-5-6-25-10-13/h3,5-6,10,12,15-17,21-23H,2,4,7-9,11H2,1H3. The van der Waals surface area contributed by atoms with Gasteiger partial charge in [0.1, 0.15) is 6.10 Å². The van der Waals surface area contributed by atoms with E-state index < -0.39 is 16.9 Å². The van der Waals surface area contributed by atoms with Gasteiger partial charge in [-0.15, -0.1) is 0 Å². The minimum atomic E-state index is -0.982.